The molecule has 0 saturated carbocycles. The molecular formula is C15H13ClO2. The Kier molecular flexibility index (Phi) is 3.68. The molecule has 2 aromatic carbocycles. The fraction of sp³-hybridized carbons (Fsp3) is 0.133. The Hall–Kier alpha value is -1.80. The average Bonchev–Trinajstić information content (AvgIpc) is 2.38. The number of rotatable bonds is 3. The Labute approximate surface area is 111 Å². The summed E-state index contributed by atoms with van der Waals surface area (Å²) >= 11 is 6.11. The number of carbonyl (C=O) groups is 1. The molecule has 2 rings (SSSR count). The molecule has 0 heterocycles. The van der Waals surface area contributed by atoms with E-state index in [1.54, 1.807) is 13.2 Å². The summed E-state index contributed by atoms with van der Waals surface area (Å²) in [5.74, 6) is 0.655. The Morgan fingerprint density at radius 2 is 1.94 bits per heavy atom. The first-order valence-electron chi connectivity index (χ1n) is 5.55. The van der Waals surface area contributed by atoms with Crippen LogP contribution in [0.4, 0.5) is 0 Å². The molecule has 18 heavy (non-hydrogen) atoms. The molecule has 0 unspecified atom stereocenters. The van der Waals surface area contributed by atoms with Gasteiger partial charge in [-0.2, -0.15) is 0 Å². The zero-order chi connectivity index (χ0) is 13.1. The van der Waals surface area contributed by atoms with Gasteiger partial charge >= 0.3 is 0 Å². The van der Waals surface area contributed by atoms with Gasteiger partial charge in [0.2, 0.25) is 0 Å². The van der Waals surface area contributed by atoms with Crippen molar-refractivity contribution in [3.63, 3.8) is 0 Å². The minimum Gasteiger partial charge on any atom is -0.495 e. The lowest BCUT2D eigenvalue weighted by Gasteiger charge is -2.09. The van der Waals surface area contributed by atoms with Crippen LogP contribution < -0.4 is 4.74 Å². The minimum atomic E-state index is 0.578. The van der Waals surface area contributed by atoms with Gasteiger partial charge in [-0.05, 0) is 41.8 Å². The number of hydrogen-bond acceptors (Lipinski definition) is 2. The molecule has 0 aliphatic carbocycles. The zero-order valence-electron chi connectivity index (χ0n) is 10.2. The zero-order valence-corrected chi connectivity index (χ0v) is 11.0. The van der Waals surface area contributed by atoms with Crippen molar-refractivity contribution in [1.29, 1.82) is 0 Å². The Morgan fingerprint density at radius 1 is 1.17 bits per heavy atom. The fourth-order valence-corrected chi connectivity index (χ4v) is 2.18. The maximum atomic E-state index is 10.7. The van der Waals surface area contributed by atoms with E-state index in [-0.39, 0.29) is 0 Å². The third-order valence-electron chi connectivity index (χ3n) is 2.85. The number of halogens is 1. The summed E-state index contributed by atoms with van der Waals surface area (Å²) in [6.07, 6.45) is 0.845. The van der Waals surface area contributed by atoms with Gasteiger partial charge in [-0.25, -0.2) is 0 Å². The highest BCUT2D eigenvalue weighted by Crippen LogP contribution is 2.31. The molecule has 2 aromatic rings. The number of benzene rings is 2. The molecule has 0 aliphatic heterocycles. The van der Waals surface area contributed by atoms with E-state index < -0.39 is 0 Å². The number of carbonyl (C=O) groups excluding carboxylic acids is 1. The largest absolute Gasteiger partial charge is 0.495 e. The number of aldehydes is 1. The van der Waals surface area contributed by atoms with E-state index in [1.807, 2.05) is 37.3 Å². The Morgan fingerprint density at radius 3 is 2.50 bits per heavy atom. The number of methoxy groups -OCH3 is 1. The van der Waals surface area contributed by atoms with Gasteiger partial charge in [0.25, 0.3) is 0 Å². The summed E-state index contributed by atoms with van der Waals surface area (Å²) < 4.78 is 5.12. The SMILES string of the molecule is COc1ccc(-c2ccc(C=O)cc2C)cc1Cl. The minimum absolute atomic E-state index is 0.578. The van der Waals surface area contributed by atoms with Crippen LogP contribution in [-0.2, 0) is 0 Å². The van der Waals surface area contributed by atoms with Crippen LogP contribution in [0.15, 0.2) is 36.4 Å². The van der Waals surface area contributed by atoms with E-state index in [0.717, 1.165) is 23.0 Å². The van der Waals surface area contributed by atoms with Crippen LogP contribution in [0.25, 0.3) is 11.1 Å². The first kappa shape index (κ1) is 12.7. The molecule has 2 nitrogen and oxygen atoms in total. The maximum absolute atomic E-state index is 10.7. The molecule has 0 spiro atoms. The van der Waals surface area contributed by atoms with Crippen LogP contribution in [0.1, 0.15) is 15.9 Å². The average molecular weight is 261 g/mol. The smallest absolute Gasteiger partial charge is 0.150 e. The van der Waals surface area contributed by atoms with E-state index >= 15 is 0 Å². The van der Waals surface area contributed by atoms with E-state index in [9.17, 15) is 4.79 Å². The van der Waals surface area contributed by atoms with Crippen molar-refractivity contribution in [1.82, 2.24) is 0 Å². The fourth-order valence-electron chi connectivity index (χ4n) is 1.92. The van der Waals surface area contributed by atoms with Crippen LogP contribution in [0.5, 0.6) is 5.75 Å². The third kappa shape index (κ3) is 2.39. The van der Waals surface area contributed by atoms with Crippen molar-refractivity contribution in [2.45, 2.75) is 6.92 Å². The van der Waals surface area contributed by atoms with Crippen molar-refractivity contribution < 1.29 is 9.53 Å². The molecule has 3 heteroatoms. The van der Waals surface area contributed by atoms with Gasteiger partial charge in [0.15, 0.2) is 0 Å². The van der Waals surface area contributed by atoms with Crippen molar-refractivity contribution in [2.24, 2.45) is 0 Å². The highest BCUT2D eigenvalue weighted by atomic mass is 35.5. The van der Waals surface area contributed by atoms with Gasteiger partial charge in [-0.15, -0.1) is 0 Å². The lowest BCUT2D eigenvalue weighted by molar-refractivity contribution is 0.112. The molecule has 0 bridgehead atoms. The van der Waals surface area contributed by atoms with Crippen molar-refractivity contribution in [3.8, 4) is 16.9 Å². The van der Waals surface area contributed by atoms with Crippen molar-refractivity contribution >= 4 is 17.9 Å². The van der Waals surface area contributed by atoms with Crippen LogP contribution in [0, 0.1) is 6.92 Å². The van der Waals surface area contributed by atoms with E-state index in [0.29, 0.717) is 16.3 Å². The van der Waals surface area contributed by atoms with Crippen LogP contribution in [-0.4, -0.2) is 13.4 Å². The second-order valence-electron chi connectivity index (χ2n) is 4.04. The van der Waals surface area contributed by atoms with Crippen LogP contribution >= 0.6 is 11.6 Å². The maximum Gasteiger partial charge on any atom is 0.150 e. The van der Waals surface area contributed by atoms with E-state index in [1.165, 1.54) is 0 Å². The van der Waals surface area contributed by atoms with Crippen molar-refractivity contribution in [2.75, 3.05) is 7.11 Å². The summed E-state index contributed by atoms with van der Waals surface area (Å²) in [4.78, 5) is 10.7. The molecule has 0 amide bonds. The molecule has 0 radical (unpaired) electrons. The van der Waals surface area contributed by atoms with Gasteiger partial charge in [-0.3, -0.25) is 4.79 Å². The summed E-state index contributed by atoms with van der Waals surface area (Å²) in [6, 6.07) is 11.2. The van der Waals surface area contributed by atoms with Crippen molar-refractivity contribution in [3.05, 3.63) is 52.5 Å². The highest BCUT2D eigenvalue weighted by molar-refractivity contribution is 6.32. The first-order chi connectivity index (χ1) is 8.65. The summed E-state index contributed by atoms with van der Waals surface area (Å²) in [6.45, 7) is 1.97. The quantitative estimate of drug-likeness (QED) is 0.776. The molecule has 0 atom stereocenters. The normalized spacial score (nSPS) is 10.2. The standard InChI is InChI=1S/C15H13ClO2/c1-10-7-11(9-17)3-5-13(10)12-4-6-15(18-2)14(16)8-12/h3-9H,1-2H3. The monoisotopic (exact) mass is 260 g/mol. The van der Waals surface area contributed by atoms with Gasteiger partial charge in [-0.1, -0.05) is 29.8 Å². The summed E-state index contributed by atoms with van der Waals surface area (Å²) in [5, 5.41) is 0.578. The number of aryl methyl sites for hydroxylation is 1. The molecular weight excluding hydrogens is 248 g/mol. The lowest BCUT2D eigenvalue weighted by atomic mass is 9.99. The molecule has 0 aliphatic rings. The summed E-state index contributed by atoms with van der Waals surface area (Å²) in [7, 11) is 1.59. The first-order valence-corrected chi connectivity index (χ1v) is 5.93. The van der Waals surface area contributed by atoms with Gasteiger partial charge in [0.05, 0.1) is 12.1 Å². The predicted octanol–water partition coefficient (Wildman–Crippen LogP) is 4.14. The second kappa shape index (κ2) is 5.23. The second-order valence-corrected chi connectivity index (χ2v) is 4.45. The van der Waals surface area contributed by atoms with Gasteiger partial charge in [0.1, 0.15) is 12.0 Å². The third-order valence-corrected chi connectivity index (χ3v) is 3.14. The Bertz CT molecular complexity index is 591. The van der Waals surface area contributed by atoms with E-state index in [2.05, 4.69) is 0 Å². The van der Waals surface area contributed by atoms with Gasteiger partial charge < -0.3 is 4.74 Å². The number of hydrogen-bond donors (Lipinski definition) is 0. The Balaban J connectivity index is 2.48. The van der Waals surface area contributed by atoms with Crippen LogP contribution in [0.3, 0.4) is 0 Å². The molecule has 92 valence electrons. The molecule has 0 fully saturated rings. The van der Waals surface area contributed by atoms with Crippen LogP contribution in [0.2, 0.25) is 5.02 Å². The topological polar surface area (TPSA) is 26.3 Å². The number of ether oxygens (including phenoxy) is 1. The summed E-state index contributed by atoms with van der Waals surface area (Å²) in [5.41, 5.74) is 3.79. The van der Waals surface area contributed by atoms with E-state index in [4.69, 9.17) is 16.3 Å². The molecule has 0 N–H and O–H groups in total. The lowest BCUT2D eigenvalue weighted by Crippen LogP contribution is -1.89. The predicted molar refractivity (Wildman–Crippen MR) is 73.6 cm³/mol. The molecule has 0 saturated heterocycles. The highest BCUT2D eigenvalue weighted by Gasteiger charge is 2.06. The molecule has 0 aromatic heterocycles. The van der Waals surface area contributed by atoms with Gasteiger partial charge in [0, 0.05) is 5.56 Å².